The zero-order valence-electron chi connectivity index (χ0n) is 15.2. The lowest BCUT2D eigenvalue weighted by Gasteiger charge is -2.20. The molecule has 6 nitrogen and oxygen atoms in total. The second-order valence-corrected chi connectivity index (χ2v) is 7.72. The number of halogens is 1. The summed E-state index contributed by atoms with van der Waals surface area (Å²) in [5.41, 5.74) is 1.11. The molecule has 140 valence electrons. The van der Waals surface area contributed by atoms with Crippen molar-refractivity contribution in [3.05, 3.63) is 39.4 Å². The number of anilines is 1. The summed E-state index contributed by atoms with van der Waals surface area (Å²) in [5.74, 6) is 1.72. The van der Waals surface area contributed by atoms with Crippen molar-refractivity contribution in [2.75, 3.05) is 31.1 Å². The van der Waals surface area contributed by atoms with Crippen LogP contribution in [-0.2, 0) is 6.42 Å². The summed E-state index contributed by atoms with van der Waals surface area (Å²) >= 11 is 7.96. The van der Waals surface area contributed by atoms with Crippen molar-refractivity contribution in [1.82, 2.24) is 20.6 Å². The number of guanidine groups is 1. The Kier molecular flexibility index (Phi) is 6.68. The molecule has 2 N–H and O–H groups in total. The lowest BCUT2D eigenvalue weighted by atomic mass is 10.3. The monoisotopic (exact) mass is 392 g/mol. The second-order valence-electron chi connectivity index (χ2n) is 6.25. The number of nitrogens with zero attached hydrogens (tertiary/aromatic N) is 4. The van der Waals surface area contributed by atoms with Gasteiger partial charge < -0.3 is 15.5 Å². The van der Waals surface area contributed by atoms with E-state index in [9.17, 15) is 0 Å². The van der Waals surface area contributed by atoms with E-state index in [1.54, 1.807) is 17.5 Å². The Labute approximate surface area is 163 Å². The van der Waals surface area contributed by atoms with Crippen molar-refractivity contribution in [1.29, 1.82) is 0 Å². The van der Waals surface area contributed by atoms with E-state index in [0.29, 0.717) is 11.1 Å². The second kappa shape index (κ2) is 9.19. The highest BCUT2D eigenvalue weighted by atomic mass is 35.5. The molecule has 26 heavy (non-hydrogen) atoms. The van der Waals surface area contributed by atoms with Crippen LogP contribution >= 0.6 is 22.9 Å². The Hall–Kier alpha value is -1.86. The van der Waals surface area contributed by atoms with Gasteiger partial charge in [0, 0.05) is 50.2 Å². The first-order chi connectivity index (χ1) is 12.7. The van der Waals surface area contributed by atoms with Crippen LogP contribution in [-0.4, -0.2) is 48.1 Å². The van der Waals surface area contributed by atoms with Crippen LogP contribution < -0.4 is 15.5 Å². The molecule has 0 spiro atoms. The van der Waals surface area contributed by atoms with E-state index in [4.69, 9.17) is 16.6 Å². The largest absolute Gasteiger partial charge is 0.357 e. The van der Waals surface area contributed by atoms with Crippen LogP contribution in [0.15, 0.2) is 28.7 Å². The first kappa shape index (κ1) is 18.9. The lowest BCUT2D eigenvalue weighted by Crippen LogP contribution is -2.44. The highest BCUT2D eigenvalue weighted by Gasteiger charge is 2.25. The van der Waals surface area contributed by atoms with Crippen molar-refractivity contribution in [2.45, 2.75) is 32.7 Å². The molecule has 3 heterocycles. The predicted octanol–water partition coefficient (Wildman–Crippen LogP) is 2.88. The van der Waals surface area contributed by atoms with Gasteiger partial charge in [-0.3, -0.25) is 4.99 Å². The SMILES string of the molecule is CCNC(=NCCc1csc(C)n1)NC1CCN(c2ncccc2Cl)C1. The van der Waals surface area contributed by atoms with E-state index in [2.05, 4.69) is 37.8 Å². The minimum Gasteiger partial charge on any atom is -0.357 e. The maximum absolute atomic E-state index is 6.27. The molecule has 2 aromatic heterocycles. The zero-order valence-corrected chi connectivity index (χ0v) is 16.8. The van der Waals surface area contributed by atoms with E-state index in [-0.39, 0.29) is 0 Å². The van der Waals surface area contributed by atoms with Gasteiger partial charge in [0.15, 0.2) is 5.96 Å². The fourth-order valence-corrected chi connectivity index (χ4v) is 3.89. The molecule has 1 unspecified atom stereocenters. The van der Waals surface area contributed by atoms with Crippen LogP contribution in [0, 0.1) is 6.92 Å². The number of rotatable bonds is 6. The average Bonchev–Trinajstić information content (AvgIpc) is 3.25. The summed E-state index contributed by atoms with van der Waals surface area (Å²) < 4.78 is 0. The number of aryl methyl sites for hydroxylation is 1. The Morgan fingerprint density at radius 1 is 1.50 bits per heavy atom. The van der Waals surface area contributed by atoms with Crippen LogP contribution in [0.2, 0.25) is 5.02 Å². The molecule has 1 aliphatic heterocycles. The van der Waals surface area contributed by atoms with Crippen molar-refractivity contribution in [3.8, 4) is 0 Å². The molecule has 0 amide bonds. The van der Waals surface area contributed by atoms with Crippen molar-refractivity contribution in [3.63, 3.8) is 0 Å². The average molecular weight is 393 g/mol. The van der Waals surface area contributed by atoms with E-state index in [1.807, 2.05) is 19.1 Å². The molecule has 8 heteroatoms. The molecule has 3 rings (SSSR count). The topological polar surface area (TPSA) is 65.4 Å². The molecule has 1 fully saturated rings. The molecule has 0 aliphatic carbocycles. The number of aliphatic imine (C=N–C) groups is 1. The van der Waals surface area contributed by atoms with Crippen LogP contribution in [0.4, 0.5) is 5.82 Å². The number of hydrogen-bond donors (Lipinski definition) is 2. The smallest absolute Gasteiger partial charge is 0.191 e. The molecule has 0 aromatic carbocycles. The van der Waals surface area contributed by atoms with Gasteiger partial charge in [-0.1, -0.05) is 11.6 Å². The van der Waals surface area contributed by atoms with Crippen LogP contribution in [0.5, 0.6) is 0 Å². The van der Waals surface area contributed by atoms with Gasteiger partial charge in [-0.05, 0) is 32.4 Å². The van der Waals surface area contributed by atoms with E-state index in [0.717, 1.165) is 61.5 Å². The maximum atomic E-state index is 6.27. The normalized spacial score (nSPS) is 17.6. The third-order valence-electron chi connectivity index (χ3n) is 4.22. The zero-order chi connectivity index (χ0) is 18.4. The first-order valence-electron chi connectivity index (χ1n) is 8.97. The van der Waals surface area contributed by atoms with Gasteiger partial charge in [-0.15, -0.1) is 11.3 Å². The number of hydrogen-bond acceptors (Lipinski definition) is 5. The quantitative estimate of drug-likeness (QED) is 0.584. The number of aromatic nitrogens is 2. The Morgan fingerprint density at radius 3 is 3.12 bits per heavy atom. The number of thiazole rings is 1. The summed E-state index contributed by atoms with van der Waals surface area (Å²) in [4.78, 5) is 15.8. The minimum atomic E-state index is 0.326. The number of nitrogens with one attached hydrogen (secondary N) is 2. The van der Waals surface area contributed by atoms with Crippen LogP contribution in [0.25, 0.3) is 0 Å². The maximum Gasteiger partial charge on any atom is 0.191 e. The third kappa shape index (κ3) is 5.08. The molecule has 0 bridgehead atoms. The van der Waals surface area contributed by atoms with Crippen LogP contribution in [0.1, 0.15) is 24.0 Å². The summed E-state index contributed by atoms with van der Waals surface area (Å²) in [6, 6.07) is 4.07. The Balaban J connectivity index is 1.54. The first-order valence-corrected chi connectivity index (χ1v) is 10.2. The minimum absolute atomic E-state index is 0.326. The molecule has 1 aliphatic rings. The number of pyridine rings is 1. The van der Waals surface area contributed by atoms with Gasteiger partial charge >= 0.3 is 0 Å². The Bertz CT molecular complexity index is 747. The highest BCUT2D eigenvalue weighted by Crippen LogP contribution is 2.25. The fourth-order valence-electron chi connectivity index (χ4n) is 3.00. The van der Waals surface area contributed by atoms with E-state index >= 15 is 0 Å². The summed E-state index contributed by atoms with van der Waals surface area (Å²) in [6.07, 6.45) is 3.68. The lowest BCUT2D eigenvalue weighted by molar-refractivity contribution is 0.648. The van der Waals surface area contributed by atoms with Crippen molar-refractivity contribution in [2.24, 2.45) is 4.99 Å². The van der Waals surface area contributed by atoms with Gasteiger partial charge in [0.05, 0.1) is 15.7 Å². The van der Waals surface area contributed by atoms with Gasteiger partial charge in [0.1, 0.15) is 5.82 Å². The predicted molar refractivity (Wildman–Crippen MR) is 110 cm³/mol. The summed E-state index contributed by atoms with van der Waals surface area (Å²) in [6.45, 7) is 7.47. The van der Waals surface area contributed by atoms with Crippen molar-refractivity contribution < 1.29 is 0 Å². The summed E-state index contributed by atoms with van der Waals surface area (Å²) in [5, 5.41) is 10.8. The highest BCUT2D eigenvalue weighted by molar-refractivity contribution is 7.09. The summed E-state index contributed by atoms with van der Waals surface area (Å²) in [7, 11) is 0. The fraction of sp³-hybridized carbons (Fsp3) is 0.500. The molecule has 2 aromatic rings. The molecule has 1 atom stereocenters. The van der Waals surface area contributed by atoms with Crippen molar-refractivity contribution >= 4 is 34.7 Å². The molecule has 1 saturated heterocycles. The third-order valence-corrected chi connectivity index (χ3v) is 5.33. The van der Waals surface area contributed by atoms with E-state index < -0.39 is 0 Å². The standard InChI is InChI=1S/C18H25ClN6S/c1-3-20-18(22-9-6-15-12-26-13(2)23-15)24-14-7-10-25(11-14)17-16(19)5-4-8-21-17/h4-5,8,12,14H,3,6-7,9-11H2,1-2H3,(H2,20,22,24). The van der Waals surface area contributed by atoms with Gasteiger partial charge in [0.2, 0.25) is 0 Å². The van der Waals surface area contributed by atoms with Gasteiger partial charge in [0.25, 0.3) is 0 Å². The van der Waals surface area contributed by atoms with E-state index in [1.165, 1.54) is 0 Å². The molecular weight excluding hydrogens is 368 g/mol. The molecular formula is C18H25ClN6S. The Morgan fingerprint density at radius 2 is 2.38 bits per heavy atom. The molecule has 0 saturated carbocycles. The van der Waals surface area contributed by atoms with Crippen LogP contribution in [0.3, 0.4) is 0 Å². The van der Waals surface area contributed by atoms with Gasteiger partial charge in [-0.2, -0.15) is 0 Å². The van der Waals surface area contributed by atoms with Gasteiger partial charge in [-0.25, -0.2) is 9.97 Å². The molecule has 0 radical (unpaired) electrons.